The summed E-state index contributed by atoms with van der Waals surface area (Å²) in [6, 6.07) is 0. The Bertz CT molecular complexity index is 537. The van der Waals surface area contributed by atoms with E-state index in [1.54, 1.807) is 13.8 Å². The number of rotatable bonds is 7. The van der Waals surface area contributed by atoms with Gasteiger partial charge in [0.15, 0.2) is 0 Å². The minimum absolute atomic E-state index is 0.134. The van der Waals surface area contributed by atoms with Crippen LogP contribution < -0.4 is 11.1 Å². The molecule has 21 heavy (non-hydrogen) atoms. The van der Waals surface area contributed by atoms with Gasteiger partial charge in [-0.1, -0.05) is 0 Å². The molecule has 6 nitrogen and oxygen atoms in total. The summed E-state index contributed by atoms with van der Waals surface area (Å²) in [4.78, 5) is 24.2. The minimum atomic E-state index is -0.514. The van der Waals surface area contributed by atoms with Crippen LogP contribution >= 0.6 is 11.3 Å². The Kier molecular flexibility index (Phi) is 5.06. The van der Waals surface area contributed by atoms with E-state index in [1.807, 2.05) is 0 Å². The standard InChI is InChI=1S/C14H20N2O4S/c1-3-19-13(17)9-10(15)11(14(18)20-4-2)21-12(9)16-7-8-5-6-8/h8,16H,3-7,15H2,1-2H3. The third-order valence-corrected chi connectivity index (χ3v) is 4.28. The molecule has 7 heteroatoms. The van der Waals surface area contributed by atoms with E-state index in [-0.39, 0.29) is 29.3 Å². The smallest absolute Gasteiger partial charge is 0.350 e. The van der Waals surface area contributed by atoms with Crippen LogP contribution in [0, 0.1) is 5.92 Å². The lowest BCUT2D eigenvalue weighted by Gasteiger charge is -2.06. The number of thiophene rings is 1. The molecule has 1 saturated carbocycles. The van der Waals surface area contributed by atoms with Crippen molar-refractivity contribution in [3.63, 3.8) is 0 Å². The van der Waals surface area contributed by atoms with Gasteiger partial charge in [-0.2, -0.15) is 0 Å². The minimum Gasteiger partial charge on any atom is -0.462 e. The predicted molar refractivity (Wildman–Crippen MR) is 81.9 cm³/mol. The van der Waals surface area contributed by atoms with Crippen LogP contribution in [-0.4, -0.2) is 31.7 Å². The molecule has 1 heterocycles. The summed E-state index contributed by atoms with van der Waals surface area (Å²) < 4.78 is 9.99. The number of carbonyl (C=O) groups is 2. The Morgan fingerprint density at radius 2 is 1.86 bits per heavy atom. The SMILES string of the molecule is CCOC(=O)c1sc(NCC2CC2)c(C(=O)OCC)c1N. The molecule has 116 valence electrons. The van der Waals surface area contributed by atoms with Crippen molar-refractivity contribution in [1.82, 2.24) is 0 Å². The molecule has 2 rings (SSSR count). The van der Waals surface area contributed by atoms with Gasteiger partial charge in [-0.25, -0.2) is 9.59 Å². The van der Waals surface area contributed by atoms with Crippen molar-refractivity contribution in [2.45, 2.75) is 26.7 Å². The summed E-state index contributed by atoms with van der Waals surface area (Å²) in [7, 11) is 0. The molecule has 0 amide bonds. The highest BCUT2D eigenvalue weighted by atomic mass is 32.1. The average Bonchev–Trinajstić information content (AvgIpc) is 3.20. The highest BCUT2D eigenvalue weighted by molar-refractivity contribution is 7.19. The number of hydrogen-bond acceptors (Lipinski definition) is 7. The highest BCUT2D eigenvalue weighted by Crippen LogP contribution is 2.38. The number of hydrogen-bond donors (Lipinski definition) is 2. The fourth-order valence-electron chi connectivity index (χ4n) is 1.88. The maximum absolute atomic E-state index is 12.1. The van der Waals surface area contributed by atoms with Gasteiger partial charge in [-0.05, 0) is 32.6 Å². The number of anilines is 2. The lowest BCUT2D eigenvalue weighted by Crippen LogP contribution is -2.12. The van der Waals surface area contributed by atoms with Crippen molar-refractivity contribution in [2.24, 2.45) is 5.92 Å². The maximum Gasteiger partial charge on any atom is 0.350 e. The van der Waals surface area contributed by atoms with Gasteiger partial charge in [0, 0.05) is 6.54 Å². The van der Waals surface area contributed by atoms with E-state index in [4.69, 9.17) is 15.2 Å². The first-order valence-electron chi connectivity index (χ1n) is 7.08. The van der Waals surface area contributed by atoms with Crippen LogP contribution in [0.5, 0.6) is 0 Å². The number of nitrogen functional groups attached to an aromatic ring is 1. The summed E-state index contributed by atoms with van der Waals surface area (Å²) in [5, 5.41) is 3.79. The number of nitrogens with one attached hydrogen (secondary N) is 1. The van der Waals surface area contributed by atoms with E-state index in [0.29, 0.717) is 10.9 Å². The van der Waals surface area contributed by atoms with Gasteiger partial charge in [0.2, 0.25) is 0 Å². The van der Waals surface area contributed by atoms with Crippen LogP contribution in [0.1, 0.15) is 46.7 Å². The molecule has 0 radical (unpaired) electrons. The molecule has 0 unspecified atom stereocenters. The van der Waals surface area contributed by atoms with Crippen LogP contribution in [-0.2, 0) is 9.47 Å². The lowest BCUT2D eigenvalue weighted by atomic mass is 10.2. The summed E-state index contributed by atoms with van der Waals surface area (Å²) >= 11 is 1.15. The van der Waals surface area contributed by atoms with E-state index in [2.05, 4.69) is 5.32 Å². The van der Waals surface area contributed by atoms with Crippen LogP contribution in [0.2, 0.25) is 0 Å². The molecule has 1 aliphatic rings. The predicted octanol–water partition coefficient (Wildman–Crippen LogP) is 2.51. The second-order valence-corrected chi connectivity index (χ2v) is 5.83. The fourth-order valence-corrected chi connectivity index (χ4v) is 2.89. The van der Waals surface area contributed by atoms with Crippen molar-refractivity contribution in [3.8, 4) is 0 Å². The largest absolute Gasteiger partial charge is 0.462 e. The van der Waals surface area contributed by atoms with Gasteiger partial charge in [0.1, 0.15) is 15.4 Å². The highest BCUT2D eigenvalue weighted by Gasteiger charge is 2.28. The van der Waals surface area contributed by atoms with Crippen molar-refractivity contribution >= 4 is 34.0 Å². The Hall–Kier alpha value is -1.76. The monoisotopic (exact) mass is 312 g/mol. The second kappa shape index (κ2) is 6.80. The third kappa shape index (κ3) is 3.66. The third-order valence-electron chi connectivity index (χ3n) is 3.13. The van der Waals surface area contributed by atoms with Gasteiger partial charge in [-0.3, -0.25) is 0 Å². The molecule has 3 N–H and O–H groups in total. The average molecular weight is 312 g/mol. The normalized spacial score (nSPS) is 13.8. The van der Waals surface area contributed by atoms with E-state index in [1.165, 1.54) is 12.8 Å². The number of esters is 2. The molecular weight excluding hydrogens is 292 g/mol. The molecule has 1 aromatic rings. The molecule has 1 fully saturated rings. The molecule has 0 saturated heterocycles. The van der Waals surface area contributed by atoms with Crippen LogP contribution in [0.15, 0.2) is 0 Å². The topological polar surface area (TPSA) is 90.6 Å². The zero-order chi connectivity index (χ0) is 15.4. The second-order valence-electron chi connectivity index (χ2n) is 4.81. The van der Waals surface area contributed by atoms with E-state index in [9.17, 15) is 9.59 Å². The zero-order valence-electron chi connectivity index (χ0n) is 12.2. The molecule has 0 bridgehead atoms. The Balaban J connectivity index is 2.27. The summed E-state index contributed by atoms with van der Waals surface area (Å²) in [5.41, 5.74) is 6.33. The Labute approximate surface area is 127 Å². The van der Waals surface area contributed by atoms with Crippen molar-refractivity contribution in [2.75, 3.05) is 30.8 Å². The molecule has 0 atom stereocenters. The summed E-state index contributed by atoms with van der Waals surface area (Å²) in [6.45, 7) is 4.74. The Morgan fingerprint density at radius 3 is 2.43 bits per heavy atom. The molecule has 1 aromatic heterocycles. The van der Waals surface area contributed by atoms with Crippen molar-refractivity contribution in [3.05, 3.63) is 10.4 Å². The lowest BCUT2D eigenvalue weighted by molar-refractivity contribution is 0.0528. The van der Waals surface area contributed by atoms with Gasteiger partial charge < -0.3 is 20.5 Å². The first-order valence-corrected chi connectivity index (χ1v) is 7.90. The summed E-state index contributed by atoms with van der Waals surface area (Å²) in [5.74, 6) is -0.389. The number of nitrogens with two attached hydrogens (primary N) is 1. The Morgan fingerprint density at radius 1 is 1.24 bits per heavy atom. The van der Waals surface area contributed by atoms with E-state index < -0.39 is 11.9 Å². The fraction of sp³-hybridized carbons (Fsp3) is 0.571. The van der Waals surface area contributed by atoms with E-state index >= 15 is 0 Å². The molecule has 1 aliphatic carbocycles. The van der Waals surface area contributed by atoms with Crippen LogP contribution in [0.4, 0.5) is 10.7 Å². The quantitative estimate of drug-likeness (QED) is 0.752. The molecule has 0 aromatic carbocycles. The van der Waals surface area contributed by atoms with Crippen LogP contribution in [0.3, 0.4) is 0 Å². The first-order chi connectivity index (χ1) is 10.1. The van der Waals surface area contributed by atoms with Crippen LogP contribution in [0.25, 0.3) is 0 Å². The number of ether oxygens (including phenoxy) is 2. The van der Waals surface area contributed by atoms with E-state index in [0.717, 1.165) is 17.9 Å². The zero-order valence-corrected chi connectivity index (χ0v) is 13.0. The van der Waals surface area contributed by atoms with Gasteiger partial charge >= 0.3 is 11.9 Å². The molecular formula is C14H20N2O4S. The van der Waals surface area contributed by atoms with Gasteiger partial charge in [0.05, 0.1) is 18.9 Å². The van der Waals surface area contributed by atoms with Crippen molar-refractivity contribution < 1.29 is 19.1 Å². The van der Waals surface area contributed by atoms with Gasteiger partial charge in [0.25, 0.3) is 0 Å². The number of carbonyl (C=O) groups excluding carboxylic acids is 2. The summed E-state index contributed by atoms with van der Waals surface area (Å²) in [6.07, 6.45) is 2.38. The molecule has 0 aliphatic heterocycles. The van der Waals surface area contributed by atoms with Crippen molar-refractivity contribution in [1.29, 1.82) is 0 Å². The maximum atomic E-state index is 12.1. The molecule has 0 spiro atoms. The van der Waals surface area contributed by atoms with Gasteiger partial charge in [-0.15, -0.1) is 11.3 Å². The first kappa shape index (κ1) is 15.6.